The molecule has 21 heavy (non-hydrogen) atoms. The maximum absolute atomic E-state index is 6.29. The summed E-state index contributed by atoms with van der Waals surface area (Å²) in [4.78, 5) is 9.15. The van der Waals surface area contributed by atoms with Crippen molar-refractivity contribution in [1.29, 1.82) is 0 Å². The standard InChI is InChI=1S/C15H18ClN5/c1-10-4-7-17-15-13(10)18-14(11(2)16)21(15)9-6-12-5-8-20(3)19-12/h4-5,7-8,11H,6,9H2,1-3H3. The summed E-state index contributed by atoms with van der Waals surface area (Å²) >= 11 is 6.29. The van der Waals surface area contributed by atoms with Gasteiger partial charge in [-0.05, 0) is 31.5 Å². The first kappa shape index (κ1) is 14.1. The first-order chi connectivity index (χ1) is 10.1. The van der Waals surface area contributed by atoms with E-state index in [1.165, 1.54) is 0 Å². The molecule has 5 nitrogen and oxygen atoms in total. The van der Waals surface area contributed by atoms with Crippen LogP contribution in [0.15, 0.2) is 24.5 Å². The van der Waals surface area contributed by atoms with E-state index in [1.54, 1.807) is 0 Å². The van der Waals surface area contributed by atoms with Crippen molar-refractivity contribution < 1.29 is 0 Å². The lowest BCUT2D eigenvalue weighted by Gasteiger charge is -2.08. The van der Waals surface area contributed by atoms with Crippen molar-refractivity contribution in [2.75, 3.05) is 0 Å². The SMILES string of the molecule is Cc1ccnc2c1nc(C(C)Cl)n2CCc1ccn(C)n1. The second kappa shape index (κ2) is 5.48. The molecule has 1 unspecified atom stereocenters. The van der Waals surface area contributed by atoms with E-state index in [0.717, 1.165) is 41.2 Å². The Morgan fingerprint density at radius 3 is 2.81 bits per heavy atom. The van der Waals surface area contributed by atoms with Gasteiger partial charge in [0.25, 0.3) is 0 Å². The van der Waals surface area contributed by atoms with E-state index in [2.05, 4.69) is 19.6 Å². The molecule has 3 aromatic rings. The van der Waals surface area contributed by atoms with Crippen LogP contribution in [0.4, 0.5) is 0 Å². The Hall–Kier alpha value is -1.88. The average Bonchev–Trinajstić information content (AvgIpc) is 3.01. The molecule has 3 heterocycles. The summed E-state index contributed by atoms with van der Waals surface area (Å²) in [5, 5.41) is 4.26. The fraction of sp³-hybridized carbons (Fsp3) is 0.400. The number of hydrogen-bond acceptors (Lipinski definition) is 3. The Labute approximate surface area is 128 Å². The van der Waals surface area contributed by atoms with E-state index in [-0.39, 0.29) is 5.38 Å². The quantitative estimate of drug-likeness (QED) is 0.696. The van der Waals surface area contributed by atoms with Crippen molar-refractivity contribution in [2.45, 2.75) is 32.2 Å². The molecule has 0 aliphatic heterocycles. The normalized spacial score (nSPS) is 13.0. The molecule has 0 fully saturated rings. The van der Waals surface area contributed by atoms with Crippen LogP contribution in [0.1, 0.15) is 29.4 Å². The summed E-state index contributed by atoms with van der Waals surface area (Å²) in [6.07, 6.45) is 4.60. The average molecular weight is 304 g/mol. The molecule has 1 atom stereocenters. The summed E-state index contributed by atoms with van der Waals surface area (Å²) in [5.41, 5.74) is 4.00. The van der Waals surface area contributed by atoms with Crippen molar-refractivity contribution in [3.8, 4) is 0 Å². The molecule has 0 spiro atoms. The predicted molar refractivity (Wildman–Crippen MR) is 83.4 cm³/mol. The van der Waals surface area contributed by atoms with Crippen LogP contribution in [0.5, 0.6) is 0 Å². The van der Waals surface area contributed by atoms with Crippen LogP contribution in [0.25, 0.3) is 11.2 Å². The number of aromatic nitrogens is 5. The third-order valence-electron chi connectivity index (χ3n) is 3.58. The fourth-order valence-corrected chi connectivity index (χ4v) is 2.67. The lowest BCUT2D eigenvalue weighted by molar-refractivity contribution is 0.643. The molecule has 0 amide bonds. The minimum Gasteiger partial charge on any atom is -0.311 e. The highest BCUT2D eigenvalue weighted by Gasteiger charge is 2.17. The molecule has 0 aliphatic carbocycles. The number of hydrogen-bond donors (Lipinski definition) is 0. The molecular weight excluding hydrogens is 286 g/mol. The maximum Gasteiger partial charge on any atom is 0.160 e. The second-order valence-electron chi connectivity index (χ2n) is 5.27. The number of alkyl halides is 1. The van der Waals surface area contributed by atoms with Gasteiger partial charge in [-0.1, -0.05) is 0 Å². The van der Waals surface area contributed by atoms with E-state index in [4.69, 9.17) is 11.6 Å². The summed E-state index contributed by atoms with van der Waals surface area (Å²) < 4.78 is 3.92. The number of imidazole rings is 1. The van der Waals surface area contributed by atoms with E-state index in [1.807, 2.05) is 50.1 Å². The lowest BCUT2D eigenvalue weighted by Crippen LogP contribution is -2.08. The first-order valence-corrected chi connectivity index (χ1v) is 7.44. The van der Waals surface area contributed by atoms with Crippen LogP contribution >= 0.6 is 11.6 Å². The first-order valence-electron chi connectivity index (χ1n) is 7.00. The van der Waals surface area contributed by atoms with Gasteiger partial charge in [-0.25, -0.2) is 9.97 Å². The van der Waals surface area contributed by atoms with Crippen LogP contribution in [-0.4, -0.2) is 24.3 Å². The van der Waals surface area contributed by atoms with Crippen molar-refractivity contribution in [1.82, 2.24) is 24.3 Å². The minimum atomic E-state index is -0.151. The third kappa shape index (κ3) is 2.65. The van der Waals surface area contributed by atoms with Crippen molar-refractivity contribution in [3.05, 3.63) is 41.6 Å². The van der Waals surface area contributed by atoms with Gasteiger partial charge >= 0.3 is 0 Å². The Kier molecular flexibility index (Phi) is 3.68. The van der Waals surface area contributed by atoms with Gasteiger partial charge in [0, 0.05) is 32.4 Å². The van der Waals surface area contributed by atoms with Gasteiger partial charge in [0.15, 0.2) is 5.65 Å². The number of halogens is 1. The van der Waals surface area contributed by atoms with Crippen molar-refractivity contribution in [2.24, 2.45) is 7.05 Å². The Balaban J connectivity index is 1.99. The number of fused-ring (bicyclic) bond motifs is 1. The zero-order valence-electron chi connectivity index (χ0n) is 12.4. The Morgan fingerprint density at radius 2 is 2.14 bits per heavy atom. The summed E-state index contributed by atoms with van der Waals surface area (Å²) in [6, 6.07) is 4.00. The maximum atomic E-state index is 6.29. The Morgan fingerprint density at radius 1 is 1.33 bits per heavy atom. The van der Waals surface area contributed by atoms with E-state index < -0.39 is 0 Å². The highest BCUT2D eigenvalue weighted by molar-refractivity contribution is 6.20. The molecular formula is C15H18ClN5. The zero-order chi connectivity index (χ0) is 15.0. The highest BCUT2D eigenvalue weighted by Crippen LogP contribution is 2.25. The fourth-order valence-electron chi connectivity index (χ4n) is 2.50. The minimum absolute atomic E-state index is 0.151. The van der Waals surface area contributed by atoms with Crippen LogP contribution in [-0.2, 0) is 20.0 Å². The molecule has 6 heteroatoms. The van der Waals surface area contributed by atoms with Gasteiger partial charge < -0.3 is 4.57 Å². The monoisotopic (exact) mass is 303 g/mol. The smallest absolute Gasteiger partial charge is 0.160 e. The van der Waals surface area contributed by atoms with Crippen LogP contribution < -0.4 is 0 Å². The summed E-state index contributed by atoms with van der Waals surface area (Å²) in [6.45, 7) is 4.76. The van der Waals surface area contributed by atoms with Gasteiger partial charge in [-0.2, -0.15) is 5.10 Å². The number of nitrogens with zero attached hydrogens (tertiary/aromatic N) is 5. The molecule has 3 rings (SSSR count). The lowest BCUT2D eigenvalue weighted by atomic mass is 10.2. The van der Waals surface area contributed by atoms with Gasteiger partial charge in [0.05, 0.1) is 11.1 Å². The van der Waals surface area contributed by atoms with E-state index >= 15 is 0 Å². The zero-order valence-corrected chi connectivity index (χ0v) is 13.2. The number of rotatable bonds is 4. The summed E-state index contributed by atoms with van der Waals surface area (Å²) in [5.74, 6) is 0.865. The molecule has 0 saturated carbocycles. The van der Waals surface area contributed by atoms with Crippen LogP contribution in [0, 0.1) is 6.92 Å². The van der Waals surface area contributed by atoms with Gasteiger partial charge in [0.2, 0.25) is 0 Å². The molecule has 0 bridgehead atoms. The van der Waals surface area contributed by atoms with Crippen molar-refractivity contribution >= 4 is 22.8 Å². The predicted octanol–water partition coefficient (Wildman–Crippen LogP) is 3.02. The molecule has 0 N–H and O–H groups in total. The largest absolute Gasteiger partial charge is 0.311 e. The number of aryl methyl sites for hydroxylation is 4. The molecule has 0 aliphatic rings. The topological polar surface area (TPSA) is 48.5 Å². The molecule has 110 valence electrons. The van der Waals surface area contributed by atoms with Crippen LogP contribution in [0.3, 0.4) is 0 Å². The van der Waals surface area contributed by atoms with E-state index in [9.17, 15) is 0 Å². The van der Waals surface area contributed by atoms with E-state index in [0.29, 0.717) is 0 Å². The summed E-state index contributed by atoms with van der Waals surface area (Å²) in [7, 11) is 1.92. The van der Waals surface area contributed by atoms with Crippen molar-refractivity contribution in [3.63, 3.8) is 0 Å². The number of pyridine rings is 1. The van der Waals surface area contributed by atoms with Gasteiger partial charge in [0.1, 0.15) is 11.3 Å². The second-order valence-corrected chi connectivity index (χ2v) is 5.92. The molecule has 0 radical (unpaired) electrons. The molecule has 3 aromatic heterocycles. The molecule has 0 aromatic carbocycles. The van der Waals surface area contributed by atoms with Gasteiger partial charge in [-0.3, -0.25) is 4.68 Å². The highest BCUT2D eigenvalue weighted by atomic mass is 35.5. The Bertz CT molecular complexity index is 772. The van der Waals surface area contributed by atoms with Crippen LogP contribution in [0.2, 0.25) is 0 Å². The third-order valence-corrected chi connectivity index (χ3v) is 3.78. The van der Waals surface area contributed by atoms with Gasteiger partial charge in [-0.15, -0.1) is 11.6 Å². The molecule has 0 saturated heterocycles.